The van der Waals surface area contributed by atoms with E-state index in [4.69, 9.17) is 4.74 Å². The zero-order chi connectivity index (χ0) is 15.2. The smallest absolute Gasteiger partial charge is 0.271 e. The molecule has 2 aliphatic heterocycles. The lowest BCUT2D eigenvalue weighted by Gasteiger charge is -2.44. The Hall–Kier alpha value is -2.31. The number of nitro benzene ring substituents is 1. The summed E-state index contributed by atoms with van der Waals surface area (Å²) in [6, 6.07) is 4.49. The zero-order valence-corrected chi connectivity index (χ0v) is 12.0. The largest absolute Gasteiger partial charge is 0.484 e. The van der Waals surface area contributed by atoms with Crippen LogP contribution in [-0.4, -0.2) is 34.5 Å². The van der Waals surface area contributed by atoms with Crippen molar-refractivity contribution in [3.05, 3.63) is 28.3 Å². The van der Waals surface area contributed by atoms with E-state index >= 15 is 0 Å². The van der Waals surface area contributed by atoms with Crippen LogP contribution in [-0.2, 0) is 4.79 Å². The molecule has 0 unspecified atom stereocenters. The van der Waals surface area contributed by atoms with E-state index in [0.717, 1.165) is 6.42 Å². The molecule has 21 heavy (non-hydrogen) atoms. The molecule has 112 valence electrons. The highest BCUT2D eigenvalue weighted by Gasteiger charge is 2.38. The van der Waals surface area contributed by atoms with E-state index in [9.17, 15) is 14.9 Å². The Labute approximate surface area is 122 Å². The third-order valence-corrected chi connectivity index (χ3v) is 3.69. The maximum absolute atomic E-state index is 12.0. The number of nitrogens with zero attached hydrogens (tertiary/aromatic N) is 3. The summed E-state index contributed by atoms with van der Waals surface area (Å²) in [5, 5.41) is 14.5. The molecule has 0 N–H and O–H groups in total. The first kappa shape index (κ1) is 13.7. The molecule has 2 aliphatic rings. The highest BCUT2D eigenvalue weighted by Crippen LogP contribution is 2.40. The molecule has 1 saturated heterocycles. The summed E-state index contributed by atoms with van der Waals surface area (Å²) in [5.41, 5.74) is 0.110. The van der Waals surface area contributed by atoms with Gasteiger partial charge in [-0.05, 0) is 26.3 Å². The minimum absolute atomic E-state index is 0.00583. The van der Waals surface area contributed by atoms with Gasteiger partial charge in [0.25, 0.3) is 5.69 Å². The molecular formula is C14H17N3O4. The quantitative estimate of drug-likeness (QED) is 0.616. The highest BCUT2D eigenvalue weighted by atomic mass is 16.6. The number of fused-ring (bicyclic) bond motifs is 1. The fourth-order valence-electron chi connectivity index (χ4n) is 2.79. The van der Waals surface area contributed by atoms with Crippen LogP contribution in [0.2, 0.25) is 0 Å². The molecule has 1 aromatic rings. The van der Waals surface area contributed by atoms with Gasteiger partial charge in [-0.25, -0.2) is 0 Å². The van der Waals surface area contributed by atoms with Crippen LogP contribution < -0.4 is 9.75 Å². The standard InChI is InChI=1S/C14H17N3O4/c1-14(2)9-16(15-7-3-4-13(15)18)11-8-10(17(19)20)5-6-12(11)21-14/h5-6,8H,3-4,7,9H2,1-2H3. The Balaban J connectivity index is 2.06. The molecule has 1 fully saturated rings. The molecule has 0 saturated carbocycles. The molecule has 0 radical (unpaired) electrons. The maximum atomic E-state index is 12.0. The predicted octanol–water partition coefficient (Wildman–Crippen LogP) is 2.11. The topological polar surface area (TPSA) is 75.9 Å². The molecule has 2 heterocycles. The monoisotopic (exact) mass is 291 g/mol. The number of amides is 1. The number of carbonyl (C=O) groups excluding carboxylic acids is 1. The second kappa shape index (κ2) is 4.61. The van der Waals surface area contributed by atoms with Crippen LogP contribution in [0.15, 0.2) is 18.2 Å². The lowest BCUT2D eigenvalue weighted by molar-refractivity contribution is -0.384. The number of non-ortho nitro benzene ring substituents is 1. The lowest BCUT2D eigenvalue weighted by atomic mass is 10.1. The van der Waals surface area contributed by atoms with E-state index in [2.05, 4.69) is 0 Å². The van der Waals surface area contributed by atoms with Gasteiger partial charge in [0.1, 0.15) is 17.0 Å². The highest BCUT2D eigenvalue weighted by molar-refractivity contribution is 5.81. The van der Waals surface area contributed by atoms with E-state index in [1.54, 1.807) is 11.1 Å². The zero-order valence-electron chi connectivity index (χ0n) is 12.0. The van der Waals surface area contributed by atoms with Gasteiger partial charge >= 0.3 is 0 Å². The van der Waals surface area contributed by atoms with Crippen LogP contribution in [0.3, 0.4) is 0 Å². The number of carbonyl (C=O) groups is 1. The number of hydrazine groups is 1. The van der Waals surface area contributed by atoms with Crippen LogP contribution >= 0.6 is 0 Å². The van der Waals surface area contributed by atoms with Crippen molar-refractivity contribution in [2.75, 3.05) is 18.1 Å². The average molecular weight is 291 g/mol. The first-order chi connectivity index (χ1) is 9.87. The summed E-state index contributed by atoms with van der Waals surface area (Å²) in [6.45, 7) is 4.99. The molecule has 7 heteroatoms. The first-order valence-electron chi connectivity index (χ1n) is 6.93. The van der Waals surface area contributed by atoms with Crippen LogP contribution in [0, 0.1) is 10.1 Å². The minimum Gasteiger partial charge on any atom is -0.484 e. The van der Waals surface area contributed by atoms with E-state index in [1.807, 2.05) is 18.9 Å². The fraction of sp³-hybridized carbons (Fsp3) is 0.500. The Morgan fingerprint density at radius 1 is 1.33 bits per heavy atom. The summed E-state index contributed by atoms with van der Waals surface area (Å²) >= 11 is 0. The molecular weight excluding hydrogens is 274 g/mol. The van der Waals surface area contributed by atoms with Crippen LogP contribution in [0.1, 0.15) is 26.7 Å². The molecule has 0 bridgehead atoms. The molecule has 0 aliphatic carbocycles. The number of hydrogen-bond acceptors (Lipinski definition) is 5. The van der Waals surface area contributed by atoms with E-state index in [1.165, 1.54) is 12.1 Å². The number of anilines is 1. The summed E-state index contributed by atoms with van der Waals surface area (Å²) in [7, 11) is 0. The van der Waals surface area contributed by atoms with Gasteiger partial charge in [-0.15, -0.1) is 0 Å². The molecule has 0 atom stereocenters. The summed E-state index contributed by atoms with van der Waals surface area (Å²) in [6.07, 6.45) is 1.32. The maximum Gasteiger partial charge on any atom is 0.271 e. The number of nitro groups is 1. The van der Waals surface area contributed by atoms with Gasteiger partial charge in [-0.1, -0.05) is 0 Å². The molecule has 1 aromatic carbocycles. The molecule has 1 amide bonds. The van der Waals surface area contributed by atoms with Crippen molar-refractivity contribution in [1.29, 1.82) is 0 Å². The van der Waals surface area contributed by atoms with Crippen molar-refractivity contribution in [3.8, 4) is 5.75 Å². The SMILES string of the molecule is CC1(C)CN(N2CCCC2=O)c2cc([N+](=O)[O-])ccc2O1. The average Bonchev–Trinajstić information content (AvgIpc) is 2.82. The van der Waals surface area contributed by atoms with E-state index < -0.39 is 10.5 Å². The summed E-state index contributed by atoms with van der Waals surface area (Å²) in [4.78, 5) is 22.6. The van der Waals surface area contributed by atoms with Gasteiger partial charge in [0, 0.05) is 25.1 Å². The van der Waals surface area contributed by atoms with Gasteiger partial charge < -0.3 is 4.74 Å². The summed E-state index contributed by atoms with van der Waals surface area (Å²) < 4.78 is 5.88. The minimum atomic E-state index is -0.466. The van der Waals surface area contributed by atoms with Crippen molar-refractivity contribution in [2.24, 2.45) is 0 Å². The van der Waals surface area contributed by atoms with Crippen molar-refractivity contribution >= 4 is 17.3 Å². The number of hydrogen-bond donors (Lipinski definition) is 0. The Kier molecular flexibility index (Phi) is 3.00. The second-order valence-corrected chi connectivity index (χ2v) is 5.95. The Morgan fingerprint density at radius 2 is 2.10 bits per heavy atom. The third-order valence-electron chi connectivity index (χ3n) is 3.69. The van der Waals surface area contributed by atoms with Crippen LogP contribution in [0.25, 0.3) is 0 Å². The number of rotatable bonds is 2. The van der Waals surface area contributed by atoms with Gasteiger partial charge in [0.05, 0.1) is 11.5 Å². The normalized spacial score (nSPS) is 20.2. The fourth-order valence-corrected chi connectivity index (χ4v) is 2.79. The molecule has 3 rings (SSSR count). The lowest BCUT2D eigenvalue weighted by Crippen LogP contribution is -2.54. The Bertz CT molecular complexity index is 614. The van der Waals surface area contributed by atoms with Gasteiger partial charge in [0.15, 0.2) is 0 Å². The molecule has 0 aromatic heterocycles. The van der Waals surface area contributed by atoms with Crippen molar-refractivity contribution < 1.29 is 14.5 Å². The van der Waals surface area contributed by atoms with E-state index in [-0.39, 0.29) is 11.6 Å². The third kappa shape index (κ3) is 2.39. The predicted molar refractivity (Wildman–Crippen MR) is 76.1 cm³/mol. The van der Waals surface area contributed by atoms with Gasteiger partial charge in [-0.3, -0.25) is 24.9 Å². The van der Waals surface area contributed by atoms with Gasteiger partial charge in [-0.2, -0.15) is 0 Å². The van der Waals surface area contributed by atoms with E-state index in [0.29, 0.717) is 30.9 Å². The molecule has 7 nitrogen and oxygen atoms in total. The Morgan fingerprint density at radius 3 is 2.71 bits per heavy atom. The van der Waals surface area contributed by atoms with Crippen molar-refractivity contribution in [2.45, 2.75) is 32.3 Å². The van der Waals surface area contributed by atoms with Crippen molar-refractivity contribution in [3.63, 3.8) is 0 Å². The number of ether oxygens (including phenoxy) is 1. The van der Waals surface area contributed by atoms with Crippen LogP contribution in [0.5, 0.6) is 5.75 Å². The number of benzene rings is 1. The summed E-state index contributed by atoms with van der Waals surface area (Å²) in [5.74, 6) is 0.613. The van der Waals surface area contributed by atoms with Gasteiger partial charge in [0.2, 0.25) is 5.91 Å². The van der Waals surface area contributed by atoms with Crippen LogP contribution in [0.4, 0.5) is 11.4 Å². The molecule has 0 spiro atoms. The second-order valence-electron chi connectivity index (χ2n) is 5.95. The first-order valence-corrected chi connectivity index (χ1v) is 6.93. The van der Waals surface area contributed by atoms with Crippen molar-refractivity contribution in [1.82, 2.24) is 5.01 Å².